The summed E-state index contributed by atoms with van der Waals surface area (Å²) >= 11 is 0. The van der Waals surface area contributed by atoms with E-state index >= 15 is 0 Å². The molecule has 0 fully saturated rings. The van der Waals surface area contributed by atoms with Gasteiger partial charge in [-0.25, -0.2) is 18.9 Å². The SMILES string of the molecule is Cc1ncc(C)n2nc(/C=C/c3cn4c(n3)-c3cccc(F)c3C4)nc12. The third-order valence-corrected chi connectivity index (χ3v) is 4.61. The van der Waals surface area contributed by atoms with Gasteiger partial charge in [-0.3, -0.25) is 4.98 Å². The van der Waals surface area contributed by atoms with Crippen molar-refractivity contribution >= 4 is 17.8 Å². The van der Waals surface area contributed by atoms with Crippen LogP contribution in [0.5, 0.6) is 0 Å². The number of hydrogen-bond acceptors (Lipinski definition) is 4. The molecule has 0 saturated heterocycles. The first-order valence-corrected chi connectivity index (χ1v) is 8.32. The van der Waals surface area contributed by atoms with Crippen LogP contribution in [0.3, 0.4) is 0 Å². The van der Waals surface area contributed by atoms with E-state index in [1.165, 1.54) is 6.07 Å². The highest BCUT2D eigenvalue weighted by atomic mass is 19.1. The van der Waals surface area contributed by atoms with E-state index < -0.39 is 0 Å². The molecule has 5 rings (SSSR count). The van der Waals surface area contributed by atoms with Crippen LogP contribution in [0.25, 0.3) is 29.2 Å². The largest absolute Gasteiger partial charge is 0.326 e. The zero-order valence-corrected chi connectivity index (χ0v) is 14.3. The van der Waals surface area contributed by atoms with Gasteiger partial charge in [-0.05, 0) is 32.1 Å². The van der Waals surface area contributed by atoms with Gasteiger partial charge >= 0.3 is 0 Å². The van der Waals surface area contributed by atoms with Gasteiger partial charge in [0.1, 0.15) is 11.6 Å². The quantitative estimate of drug-likeness (QED) is 0.492. The van der Waals surface area contributed by atoms with Gasteiger partial charge in [0.15, 0.2) is 11.5 Å². The molecule has 1 aliphatic rings. The summed E-state index contributed by atoms with van der Waals surface area (Å²) in [5, 5.41) is 4.49. The molecule has 1 aromatic carbocycles. The highest BCUT2D eigenvalue weighted by molar-refractivity contribution is 5.70. The van der Waals surface area contributed by atoms with Gasteiger partial charge < -0.3 is 4.57 Å². The fourth-order valence-electron chi connectivity index (χ4n) is 3.29. The molecule has 3 aromatic heterocycles. The van der Waals surface area contributed by atoms with Crippen molar-refractivity contribution < 1.29 is 4.39 Å². The van der Waals surface area contributed by atoms with E-state index in [1.807, 2.05) is 42.8 Å². The third-order valence-electron chi connectivity index (χ3n) is 4.61. The van der Waals surface area contributed by atoms with Crippen LogP contribution < -0.4 is 0 Å². The van der Waals surface area contributed by atoms with Gasteiger partial charge in [-0.2, -0.15) is 0 Å². The number of aryl methyl sites for hydroxylation is 2. The molecular formula is C19H15FN6. The molecule has 0 radical (unpaired) electrons. The van der Waals surface area contributed by atoms with Gasteiger partial charge in [-0.15, -0.1) is 5.10 Å². The van der Waals surface area contributed by atoms with Gasteiger partial charge in [0.25, 0.3) is 0 Å². The number of rotatable bonds is 2. The lowest BCUT2D eigenvalue weighted by Gasteiger charge is -1.98. The van der Waals surface area contributed by atoms with Crippen LogP contribution in [0.2, 0.25) is 0 Å². The molecule has 0 spiro atoms. The average molecular weight is 346 g/mol. The molecule has 0 saturated carbocycles. The molecule has 7 heteroatoms. The second-order valence-corrected chi connectivity index (χ2v) is 6.41. The molecule has 6 nitrogen and oxygen atoms in total. The Morgan fingerprint density at radius 2 is 2.04 bits per heavy atom. The third kappa shape index (κ3) is 2.17. The van der Waals surface area contributed by atoms with E-state index in [0.717, 1.165) is 34.1 Å². The van der Waals surface area contributed by atoms with E-state index in [4.69, 9.17) is 0 Å². The van der Waals surface area contributed by atoms with Gasteiger partial charge in [0.05, 0.1) is 23.6 Å². The molecule has 26 heavy (non-hydrogen) atoms. The Morgan fingerprint density at radius 3 is 2.88 bits per heavy atom. The van der Waals surface area contributed by atoms with Gasteiger partial charge in [0.2, 0.25) is 0 Å². The van der Waals surface area contributed by atoms with E-state index in [0.29, 0.717) is 17.9 Å². The zero-order chi connectivity index (χ0) is 17.8. The summed E-state index contributed by atoms with van der Waals surface area (Å²) in [4.78, 5) is 13.4. The maximum Gasteiger partial charge on any atom is 0.177 e. The highest BCUT2D eigenvalue weighted by Gasteiger charge is 2.22. The Kier molecular flexibility index (Phi) is 3.06. The minimum atomic E-state index is -0.182. The molecule has 0 atom stereocenters. The molecule has 0 bridgehead atoms. The minimum absolute atomic E-state index is 0.182. The summed E-state index contributed by atoms with van der Waals surface area (Å²) in [6.07, 6.45) is 7.40. The molecule has 0 N–H and O–H groups in total. The molecule has 1 aliphatic heterocycles. The number of nitrogens with zero attached hydrogens (tertiary/aromatic N) is 6. The van der Waals surface area contributed by atoms with Crippen LogP contribution in [0, 0.1) is 19.7 Å². The van der Waals surface area contributed by atoms with Crippen molar-refractivity contribution in [1.82, 2.24) is 29.1 Å². The van der Waals surface area contributed by atoms with Crippen molar-refractivity contribution in [2.75, 3.05) is 0 Å². The molecular weight excluding hydrogens is 331 g/mol. The van der Waals surface area contributed by atoms with Crippen LogP contribution in [-0.4, -0.2) is 29.1 Å². The lowest BCUT2D eigenvalue weighted by molar-refractivity contribution is 0.607. The number of aromatic nitrogens is 6. The Morgan fingerprint density at radius 1 is 1.15 bits per heavy atom. The fourth-order valence-corrected chi connectivity index (χ4v) is 3.29. The maximum atomic E-state index is 13.9. The number of benzene rings is 1. The number of fused-ring (bicyclic) bond motifs is 4. The predicted octanol–water partition coefficient (Wildman–Crippen LogP) is 3.28. The summed E-state index contributed by atoms with van der Waals surface area (Å²) in [5.41, 5.74) is 4.86. The van der Waals surface area contributed by atoms with Crippen molar-refractivity contribution in [3.8, 4) is 11.4 Å². The fraction of sp³-hybridized carbons (Fsp3) is 0.158. The topological polar surface area (TPSA) is 60.9 Å². The van der Waals surface area contributed by atoms with Crippen LogP contribution in [0.15, 0.2) is 30.6 Å². The van der Waals surface area contributed by atoms with Crippen LogP contribution >= 0.6 is 0 Å². The summed E-state index contributed by atoms with van der Waals surface area (Å²) < 4.78 is 17.6. The summed E-state index contributed by atoms with van der Waals surface area (Å²) in [5.74, 6) is 1.21. The van der Waals surface area contributed by atoms with Crippen molar-refractivity contribution in [3.05, 3.63) is 64.9 Å². The standard InChI is InChI=1S/C19H15FN6/c1-11-8-21-12(2)18-23-17(24-26(11)18)7-6-13-9-25-10-15-14(19(25)22-13)4-3-5-16(15)20/h3-9H,10H2,1-2H3/b7-6+. The number of halogens is 1. The summed E-state index contributed by atoms with van der Waals surface area (Å²) in [6, 6.07) is 5.10. The molecule has 4 aromatic rings. The van der Waals surface area contributed by atoms with Crippen molar-refractivity contribution in [2.24, 2.45) is 0 Å². The van der Waals surface area contributed by atoms with Crippen LogP contribution in [0.4, 0.5) is 4.39 Å². The molecule has 0 amide bonds. The number of hydrogen-bond donors (Lipinski definition) is 0. The summed E-state index contributed by atoms with van der Waals surface area (Å²) in [6.45, 7) is 4.36. The Labute approximate surface area is 148 Å². The first kappa shape index (κ1) is 14.9. The second-order valence-electron chi connectivity index (χ2n) is 6.41. The van der Waals surface area contributed by atoms with Crippen molar-refractivity contribution in [1.29, 1.82) is 0 Å². The van der Waals surface area contributed by atoms with Crippen molar-refractivity contribution in [2.45, 2.75) is 20.4 Å². The van der Waals surface area contributed by atoms with Gasteiger partial charge in [0, 0.05) is 23.5 Å². The van der Waals surface area contributed by atoms with Gasteiger partial charge in [-0.1, -0.05) is 12.1 Å². The van der Waals surface area contributed by atoms with E-state index in [-0.39, 0.29) is 5.82 Å². The average Bonchev–Trinajstić information content (AvgIpc) is 3.30. The Bertz CT molecular complexity index is 1160. The summed E-state index contributed by atoms with van der Waals surface area (Å²) in [7, 11) is 0. The maximum absolute atomic E-state index is 13.9. The molecule has 0 unspecified atom stereocenters. The van der Waals surface area contributed by atoms with E-state index in [9.17, 15) is 4.39 Å². The van der Waals surface area contributed by atoms with Crippen LogP contribution in [0.1, 0.15) is 28.5 Å². The smallest absolute Gasteiger partial charge is 0.177 e. The molecule has 4 heterocycles. The number of imidazole rings is 1. The zero-order valence-electron chi connectivity index (χ0n) is 14.3. The molecule has 0 aliphatic carbocycles. The monoisotopic (exact) mass is 346 g/mol. The van der Waals surface area contributed by atoms with Crippen molar-refractivity contribution in [3.63, 3.8) is 0 Å². The normalized spacial score (nSPS) is 12.9. The lowest BCUT2D eigenvalue weighted by Crippen LogP contribution is -1.97. The highest BCUT2D eigenvalue weighted by Crippen LogP contribution is 2.32. The predicted molar refractivity (Wildman–Crippen MR) is 95.9 cm³/mol. The Balaban J connectivity index is 1.49. The first-order chi connectivity index (χ1) is 12.6. The van der Waals surface area contributed by atoms with E-state index in [2.05, 4.69) is 20.1 Å². The molecule has 128 valence electrons. The first-order valence-electron chi connectivity index (χ1n) is 8.32. The second kappa shape index (κ2) is 5.32. The lowest BCUT2D eigenvalue weighted by atomic mass is 10.1. The van der Waals surface area contributed by atoms with E-state index in [1.54, 1.807) is 16.8 Å². The van der Waals surface area contributed by atoms with Crippen LogP contribution in [-0.2, 0) is 6.54 Å². The Hall–Kier alpha value is -3.35. The minimum Gasteiger partial charge on any atom is -0.326 e.